The van der Waals surface area contributed by atoms with Gasteiger partial charge in [-0.05, 0) is 58.0 Å². The molecule has 0 saturated heterocycles. The lowest BCUT2D eigenvalue weighted by molar-refractivity contribution is 0.0681. The number of rotatable bonds is 14. The van der Waals surface area contributed by atoms with Crippen molar-refractivity contribution in [2.75, 3.05) is 17.7 Å². The van der Waals surface area contributed by atoms with Gasteiger partial charge in [0.1, 0.15) is 11.1 Å². The summed E-state index contributed by atoms with van der Waals surface area (Å²) in [5.41, 5.74) is 12.4. The normalized spacial score (nSPS) is 11.4. The molecule has 0 aliphatic rings. The maximum atomic E-state index is 13.2. The highest BCUT2D eigenvalue weighted by molar-refractivity contribution is 5.94. The maximum absolute atomic E-state index is 13.2. The molecule has 342 valence electrons. The molecule has 0 unspecified atom stereocenters. The first-order chi connectivity index (χ1) is 33.8. The van der Waals surface area contributed by atoms with Gasteiger partial charge < -0.3 is 25.5 Å². The van der Waals surface area contributed by atoms with Gasteiger partial charge >= 0.3 is 5.97 Å². The summed E-state index contributed by atoms with van der Waals surface area (Å²) >= 11 is 0. The van der Waals surface area contributed by atoms with E-state index >= 15 is 0 Å². The average molecular weight is 910 g/mol. The molecule has 3 aromatic heterocycles. The number of nitrogens with one attached hydrogen (secondary N) is 1. The second kappa shape index (κ2) is 19.9. The number of hydrogen-bond donors (Lipinski definition) is 3. The molecule has 0 bridgehead atoms. The molecule has 69 heavy (non-hydrogen) atoms. The lowest BCUT2D eigenvalue weighted by Crippen LogP contribution is -2.38. The lowest BCUT2D eigenvalue weighted by Gasteiger charge is -2.38. The second-order valence-electron chi connectivity index (χ2n) is 16.4. The van der Waals surface area contributed by atoms with Gasteiger partial charge in [0.15, 0.2) is 11.4 Å². The van der Waals surface area contributed by atoms with Crippen LogP contribution in [0.5, 0.6) is 5.75 Å². The summed E-state index contributed by atoms with van der Waals surface area (Å²) in [5, 5.41) is 13.8. The van der Waals surface area contributed by atoms with Crippen LogP contribution in [0.4, 0.5) is 11.9 Å². The van der Waals surface area contributed by atoms with Crippen LogP contribution in [0.2, 0.25) is 0 Å². The molecule has 4 N–H and O–H groups in total. The number of imidazole rings is 2. The van der Waals surface area contributed by atoms with Gasteiger partial charge in [-0.25, -0.2) is 14.8 Å². The summed E-state index contributed by atoms with van der Waals surface area (Å²) in [6.45, 7) is 2.29. The van der Waals surface area contributed by atoms with Crippen LogP contribution >= 0.6 is 0 Å². The van der Waals surface area contributed by atoms with E-state index in [0.29, 0.717) is 29.3 Å². The summed E-state index contributed by atoms with van der Waals surface area (Å²) < 4.78 is 11.2. The van der Waals surface area contributed by atoms with Crippen LogP contribution in [0, 0.1) is 0 Å². The maximum Gasteiger partial charge on any atom is 0.356 e. The number of carboxylic acid groups (broad SMARTS) is 1. The van der Waals surface area contributed by atoms with Crippen LogP contribution in [0.1, 0.15) is 56.4 Å². The molecular weight excluding hydrogens is 859 g/mol. The van der Waals surface area contributed by atoms with E-state index in [1.54, 1.807) is 32.4 Å². The van der Waals surface area contributed by atoms with E-state index in [9.17, 15) is 14.7 Å². The van der Waals surface area contributed by atoms with Crippen molar-refractivity contribution in [2.24, 2.45) is 7.05 Å². The van der Waals surface area contributed by atoms with Gasteiger partial charge in [-0.3, -0.25) is 13.9 Å². The Labute approximate surface area is 400 Å². The Morgan fingerprint density at radius 3 is 1.41 bits per heavy atom. The molecule has 0 aliphatic carbocycles. The summed E-state index contributed by atoms with van der Waals surface area (Å²) in [7, 11) is 1.63. The number of aromatic nitrogens is 5. The standard InChI is InChI=1S/C36H32N4O4.C22H19N3/c1-3-44-33-31(34(42)43)39(2)30-23-25(19-20-29(30)32(33)41)24-38-35-37-21-22-40(35)36(26-13-7-4-8-14-26,27-15-9-5-10-16-27)28-17-11-6-12-18-28;23-21-24-16-17-25(21)22(18-10-4-1-5-11-18,19-12-6-2-7-13-19)20-14-8-3-9-15-20/h4-23H,3,24H2,1-2H3,(H,37,38)(H,42,43);1-17H,(H2,23,24). The summed E-state index contributed by atoms with van der Waals surface area (Å²) in [6.07, 6.45) is 7.46. The Hall–Kier alpha value is -8.96. The molecule has 0 radical (unpaired) electrons. The average Bonchev–Trinajstić information content (AvgIpc) is 4.07. The fraction of sp³-hybridized carbons (Fsp3) is 0.103. The first-order valence-electron chi connectivity index (χ1n) is 22.7. The number of pyridine rings is 1. The van der Waals surface area contributed by atoms with Gasteiger partial charge in [-0.2, -0.15) is 0 Å². The molecule has 0 amide bonds. The van der Waals surface area contributed by atoms with Crippen molar-refractivity contribution in [3.8, 4) is 5.75 Å². The Morgan fingerprint density at radius 1 is 0.609 bits per heavy atom. The quantitative estimate of drug-likeness (QED) is 0.0916. The molecule has 10 rings (SSSR count). The van der Waals surface area contributed by atoms with Gasteiger partial charge in [-0.15, -0.1) is 0 Å². The number of nitrogens with zero attached hydrogens (tertiary/aromatic N) is 5. The molecule has 7 aromatic carbocycles. The van der Waals surface area contributed by atoms with Crippen LogP contribution in [0.25, 0.3) is 10.9 Å². The summed E-state index contributed by atoms with van der Waals surface area (Å²) in [6, 6.07) is 67.7. The Bertz CT molecular complexity index is 3170. The number of anilines is 2. The highest BCUT2D eigenvalue weighted by Crippen LogP contribution is 2.44. The number of aryl methyl sites for hydroxylation is 1. The minimum absolute atomic E-state index is 0.151. The van der Waals surface area contributed by atoms with E-state index < -0.39 is 22.5 Å². The lowest BCUT2D eigenvalue weighted by atomic mass is 9.76. The molecule has 11 heteroatoms. The van der Waals surface area contributed by atoms with Crippen LogP contribution < -0.4 is 21.2 Å². The minimum atomic E-state index is -1.22. The number of aromatic carboxylic acids is 1. The van der Waals surface area contributed by atoms with Gasteiger partial charge in [-0.1, -0.05) is 188 Å². The number of fused-ring (bicyclic) bond motifs is 1. The van der Waals surface area contributed by atoms with E-state index in [1.807, 2.05) is 102 Å². The van der Waals surface area contributed by atoms with Crippen molar-refractivity contribution >= 4 is 28.8 Å². The van der Waals surface area contributed by atoms with E-state index in [-0.39, 0.29) is 18.1 Å². The van der Waals surface area contributed by atoms with E-state index in [1.165, 1.54) is 4.57 Å². The highest BCUT2D eigenvalue weighted by Gasteiger charge is 2.41. The zero-order valence-corrected chi connectivity index (χ0v) is 38.3. The van der Waals surface area contributed by atoms with Crippen molar-refractivity contribution < 1.29 is 14.6 Å². The van der Waals surface area contributed by atoms with E-state index in [0.717, 1.165) is 38.9 Å². The van der Waals surface area contributed by atoms with Crippen molar-refractivity contribution in [1.29, 1.82) is 0 Å². The fourth-order valence-corrected chi connectivity index (χ4v) is 9.57. The number of carbonyl (C=O) groups is 1. The molecule has 11 nitrogen and oxygen atoms in total. The van der Waals surface area contributed by atoms with Crippen LogP contribution in [0.3, 0.4) is 0 Å². The second-order valence-corrected chi connectivity index (χ2v) is 16.4. The zero-order chi connectivity index (χ0) is 47.8. The third-order valence-corrected chi connectivity index (χ3v) is 12.5. The Kier molecular flexibility index (Phi) is 13.0. The molecule has 0 fully saturated rings. The molecular formula is C58H51N7O4. The molecule has 3 heterocycles. The Balaban J connectivity index is 0.000000200. The topological polar surface area (TPSA) is 142 Å². The SMILES string of the molecule is CCOc1c(C(=O)O)n(C)c2cc(CNc3nccn3C(c3ccccc3)(c3ccccc3)c3ccccc3)ccc2c1=O.Nc1nccn1C(c1ccccc1)(c1ccccc1)c1ccccc1. The third-order valence-electron chi connectivity index (χ3n) is 12.5. The number of carboxylic acids is 1. The molecule has 0 aliphatic heterocycles. The molecule has 10 aromatic rings. The molecule has 0 saturated carbocycles. The van der Waals surface area contributed by atoms with Gasteiger partial charge in [0.2, 0.25) is 17.3 Å². The number of hydrogen-bond acceptors (Lipinski definition) is 7. The number of nitrogens with two attached hydrogens (primary N) is 1. The Morgan fingerprint density at radius 2 is 1.01 bits per heavy atom. The number of benzene rings is 7. The minimum Gasteiger partial charge on any atom is -0.488 e. The summed E-state index contributed by atoms with van der Waals surface area (Å²) in [5.74, 6) is -0.244. The monoisotopic (exact) mass is 909 g/mol. The fourth-order valence-electron chi connectivity index (χ4n) is 9.57. The number of ether oxygens (including phenoxy) is 1. The summed E-state index contributed by atoms with van der Waals surface area (Å²) in [4.78, 5) is 34.3. The van der Waals surface area contributed by atoms with Gasteiger partial charge in [0.05, 0.1) is 12.1 Å². The van der Waals surface area contributed by atoms with E-state index in [4.69, 9.17) is 15.5 Å². The van der Waals surface area contributed by atoms with Crippen molar-refractivity contribution in [2.45, 2.75) is 24.5 Å². The van der Waals surface area contributed by atoms with Crippen LogP contribution in [-0.4, -0.2) is 41.4 Å². The van der Waals surface area contributed by atoms with Crippen molar-refractivity contribution in [3.63, 3.8) is 0 Å². The van der Waals surface area contributed by atoms with Crippen LogP contribution in [0.15, 0.2) is 230 Å². The predicted molar refractivity (Wildman–Crippen MR) is 273 cm³/mol. The third kappa shape index (κ3) is 8.31. The predicted octanol–water partition coefficient (Wildman–Crippen LogP) is 10.6. The van der Waals surface area contributed by atoms with Crippen molar-refractivity contribution in [3.05, 3.63) is 280 Å². The van der Waals surface area contributed by atoms with Crippen LogP contribution in [-0.2, 0) is 24.7 Å². The van der Waals surface area contributed by atoms with Gasteiger partial charge in [0.25, 0.3) is 0 Å². The largest absolute Gasteiger partial charge is 0.488 e. The first kappa shape index (κ1) is 45.2. The number of nitrogen functional groups attached to an aromatic ring is 1. The van der Waals surface area contributed by atoms with Crippen molar-refractivity contribution in [1.82, 2.24) is 23.7 Å². The van der Waals surface area contributed by atoms with Gasteiger partial charge in [0, 0.05) is 43.8 Å². The van der Waals surface area contributed by atoms with E-state index in [2.05, 4.69) is 124 Å². The molecule has 0 spiro atoms. The first-order valence-corrected chi connectivity index (χ1v) is 22.7. The smallest absolute Gasteiger partial charge is 0.356 e. The molecule has 0 atom stereocenters. The highest BCUT2D eigenvalue weighted by atomic mass is 16.5. The zero-order valence-electron chi connectivity index (χ0n) is 38.3.